The Kier molecular flexibility index (Phi) is 5.23. The van der Waals surface area contributed by atoms with Gasteiger partial charge in [0, 0.05) is 13.7 Å². The monoisotopic (exact) mass is 253 g/mol. The number of esters is 1. The third-order valence-electron chi connectivity index (χ3n) is 2.44. The van der Waals surface area contributed by atoms with Crippen LogP contribution in [0, 0.1) is 0 Å². The van der Waals surface area contributed by atoms with Gasteiger partial charge in [-0.2, -0.15) is 8.78 Å². The van der Waals surface area contributed by atoms with Crippen molar-refractivity contribution in [3.05, 3.63) is 0 Å². The fourth-order valence-electron chi connectivity index (χ4n) is 1.57. The summed E-state index contributed by atoms with van der Waals surface area (Å²) in [6.45, 7) is 0.851. The molecule has 2 N–H and O–H groups in total. The molecule has 0 aromatic heterocycles. The van der Waals surface area contributed by atoms with Gasteiger partial charge in [-0.25, -0.2) is 4.79 Å². The number of hydrogen-bond acceptors (Lipinski definition) is 5. The predicted octanol–water partition coefficient (Wildman–Crippen LogP) is -0.0758. The molecule has 0 amide bonds. The number of halogens is 2. The number of alkyl halides is 2. The highest BCUT2D eigenvalue weighted by Crippen LogP contribution is 2.30. The lowest BCUT2D eigenvalue weighted by Gasteiger charge is -2.12. The average Bonchev–Trinajstić information content (AvgIpc) is 2.48. The second-order valence-corrected chi connectivity index (χ2v) is 4.04. The highest BCUT2D eigenvalue weighted by Gasteiger charge is 2.50. The van der Waals surface area contributed by atoms with E-state index in [4.69, 9.17) is 4.74 Å². The molecule has 1 aliphatic rings. The summed E-state index contributed by atoms with van der Waals surface area (Å²) in [6.07, 6.45) is -1.51. The van der Waals surface area contributed by atoms with Crippen molar-refractivity contribution in [3.63, 3.8) is 0 Å². The number of rotatable bonds is 7. The van der Waals surface area contributed by atoms with Crippen LogP contribution >= 0.6 is 0 Å². The zero-order valence-corrected chi connectivity index (χ0v) is 9.62. The van der Waals surface area contributed by atoms with Crippen LogP contribution in [0.2, 0.25) is 0 Å². The van der Waals surface area contributed by atoms with Crippen molar-refractivity contribution in [2.45, 2.75) is 31.0 Å². The molecular formula is C10H17F2NO4. The summed E-state index contributed by atoms with van der Waals surface area (Å²) in [5, 5.41) is 12.1. The number of carbonyl (C=O) groups excluding carboxylic acids is 1. The smallest absolute Gasteiger partial charge is 0.377 e. The van der Waals surface area contributed by atoms with Gasteiger partial charge >= 0.3 is 11.9 Å². The maximum absolute atomic E-state index is 12.8. The fourth-order valence-corrected chi connectivity index (χ4v) is 1.57. The van der Waals surface area contributed by atoms with Crippen molar-refractivity contribution in [1.29, 1.82) is 0 Å². The van der Waals surface area contributed by atoms with E-state index in [0.717, 1.165) is 0 Å². The van der Waals surface area contributed by atoms with Crippen molar-refractivity contribution in [1.82, 2.24) is 5.32 Å². The van der Waals surface area contributed by atoms with E-state index in [0.29, 0.717) is 13.0 Å². The number of aliphatic hydroxyl groups is 1. The first-order chi connectivity index (χ1) is 7.95. The van der Waals surface area contributed by atoms with Crippen molar-refractivity contribution in [3.8, 4) is 0 Å². The number of cyclic esters (lactones) is 1. The second-order valence-electron chi connectivity index (χ2n) is 4.04. The van der Waals surface area contributed by atoms with E-state index in [-0.39, 0.29) is 13.2 Å². The highest BCUT2D eigenvalue weighted by molar-refractivity contribution is 5.79. The lowest BCUT2D eigenvalue weighted by molar-refractivity contribution is -0.159. The van der Waals surface area contributed by atoms with Gasteiger partial charge in [-0.05, 0) is 13.0 Å². The summed E-state index contributed by atoms with van der Waals surface area (Å²) in [6, 6.07) is 0. The number of ether oxygens (including phenoxy) is 2. The predicted molar refractivity (Wildman–Crippen MR) is 54.8 cm³/mol. The van der Waals surface area contributed by atoms with Crippen LogP contribution in [0.25, 0.3) is 0 Å². The third kappa shape index (κ3) is 4.53. The van der Waals surface area contributed by atoms with Crippen LogP contribution in [0.4, 0.5) is 8.78 Å². The molecule has 0 saturated carbocycles. The first kappa shape index (κ1) is 14.3. The normalized spacial score (nSPS) is 24.7. The van der Waals surface area contributed by atoms with Crippen molar-refractivity contribution in [2.75, 3.05) is 26.8 Å². The van der Waals surface area contributed by atoms with Gasteiger partial charge < -0.3 is 19.9 Å². The van der Waals surface area contributed by atoms with Crippen LogP contribution in [0.3, 0.4) is 0 Å². The van der Waals surface area contributed by atoms with Crippen LogP contribution < -0.4 is 5.32 Å². The fraction of sp³-hybridized carbons (Fsp3) is 0.900. The Labute approximate surface area is 98.1 Å². The number of hydrogen-bond donors (Lipinski definition) is 2. The molecule has 1 rings (SSSR count). The Morgan fingerprint density at radius 2 is 2.41 bits per heavy atom. The van der Waals surface area contributed by atoms with Gasteiger partial charge in [0.05, 0.1) is 19.1 Å². The summed E-state index contributed by atoms with van der Waals surface area (Å²) in [5.41, 5.74) is 0. The minimum atomic E-state index is -3.36. The van der Waals surface area contributed by atoms with Gasteiger partial charge in [-0.3, -0.25) is 0 Å². The number of nitrogens with one attached hydrogen (secondary N) is 1. The van der Waals surface area contributed by atoms with Gasteiger partial charge in [0.25, 0.3) is 0 Å². The summed E-state index contributed by atoms with van der Waals surface area (Å²) in [5.74, 6) is -4.81. The molecule has 2 atom stereocenters. The largest absolute Gasteiger partial charge is 0.456 e. The Balaban J connectivity index is 2.10. The molecule has 0 aromatic carbocycles. The van der Waals surface area contributed by atoms with Crippen molar-refractivity contribution < 1.29 is 28.2 Å². The minimum absolute atomic E-state index is 0.168. The molecule has 7 heteroatoms. The lowest BCUT2D eigenvalue weighted by Crippen LogP contribution is -2.30. The van der Waals surface area contributed by atoms with Crippen LogP contribution in [0.5, 0.6) is 0 Å². The molecule has 0 spiro atoms. The number of aliphatic hydroxyl groups excluding tert-OH is 1. The minimum Gasteiger partial charge on any atom is -0.456 e. The Bertz CT molecular complexity index is 263. The molecule has 0 aliphatic carbocycles. The van der Waals surface area contributed by atoms with Crippen LogP contribution in [0.15, 0.2) is 0 Å². The van der Waals surface area contributed by atoms with E-state index < -0.39 is 30.5 Å². The molecule has 17 heavy (non-hydrogen) atoms. The molecule has 1 aliphatic heterocycles. The SMILES string of the molecule is COCC(O)CCNCC1CC(F)(F)C(=O)O1. The van der Waals surface area contributed by atoms with E-state index >= 15 is 0 Å². The van der Waals surface area contributed by atoms with Gasteiger partial charge in [-0.1, -0.05) is 0 Å². The lowest BCUT2D eigenvalue weighted by atomic mass is 10.2. The molecule has 100 valence electrons. The van der Waals surface area contributed by atoms with E-state index in [1.807, 2.05) is 0 Å². The standard InChI is InChI=1S/C10H17F2NO4/c1-16-6-7(14)2-3-13-5-8-4-10(11,12)9(15)17-8/h7-8,13-14H,2-6H2,1H3. The maximum atomic E-state index is 12.8. The summed E-state index contributed by atoms with van der Waals surface area (Å²) < 4.78 is 34.8. The van der Waals surface area contributed by atoms with Crippen molar-refractivity contribution >= 4 is 5.97 Å². The number of methoxy groups -OCH3 is 1. The van der Waals surface area contributed by atoms with E-state index in [1.165, 1.54) is 7.11 Å². The van der Waals surface area contributed by atoms with Gasteiger partial charge in [0.15, 0.2) is 0 Å². The Morgan fingerprint density at radius 1 is 1.71 bits per heavy atom. The van der Waals surface area contributed by atoms with E-state index in [2.05, 4.69) is 10.1 Å². The Morgan fingerprint density at radius 3 is 2.94 bits per heavy atom. The average molecular weight is 253 g/mol. The molecule has 0 bridgehead atoms. The van der Waals surface area contributed by atoms with E-state index in [9.17, 15) is 18.7 Å². The molecule has 0 aromatic rings. The summed E-state index contributed by atoms with van der Waals surface area (Å²) in [7, 11) is 1.48. The second kappa shape index (κ2) is 6.23. The molecular weight excluding hydrogens is 236 g/mol. The first-order valence-electron chi connectivity index (χ1n) is 5.42. The van der Waals surface area contributed by atoms with Gasteiger partial charge in [0.1, 0.15) is 6.10 Å². The van der Waals surface area contributed by atoms with Gasteiger partial charge in [-0.15, -0.1) is 0 Å². The van der Waals surface area contributed by atoms with E-state index in [1.54, 1.807) is 0 Å². The van der Waals surface area contributed by atoms with Crippen molar-refractivity contribution in [2.24, 2.45) is 0 Å². The van der Waals surface area contributed by atoms with Gasteiger partial charge in [0.2, 0.25) is 0 Å². The van der Waals surface area contributed by atoms with Crippen LogP contribution in [-0.4, -0.2) is 56.0 Å². The first-order valence-corrected chi connectivity index (χ1v) is 5.42. The number of carbonyl (C=O) groups is 1. The topological polar surface area (TPSA) is 67.8 Å². The molecule has 5 nitrogen and oxygen atoms in total. The molecule has 1 fully saturated rings. The highest BCUT2D eigenvalue weighted by atomic mass is 19.3. The quantitative estimate of drug-likeness (QED) is 0.491. The molecule has 1 heterocycles. The van der Waals surface area contributed by atoms with Crippen LogP contribution in [-0.2, 0) is 14.3 Å². The van der Waals surface area contributed by atoms with Crippen LogP contribution in [0.1, 0.15) is 12.8 Å². The maximum Gasteiger partial charge on any atom is 0.377 e. The summed E-state index contributed by atoms with van der Waals surface area (Å²) in [4.78, 5) is 10.7. The zero-order valence-electron chi connectivity index (χ0n) is 9.62. The molecule has 2 unspecified atom stereocenters. The zero-order chi connectivity index (χ0) is 12.9. The molecule has 0 radical (unpaired) electrons. The summed E-state index contributed by atoms with van der Waals surface area (Å²) >= 11 is 0. The molecule has 1 saturated heterocycles. The third-order valence-corrected chi connectivity index (χ3v) is 2.44. The Hall–Kier alpha value is -0.790.